The molecule has 2 nitrogen and oxygen atoms in total. The zero-order valence-electron chi connectivity index (χ0n) is 10.1. The summed E-state index contributed by atoms with van der Waals surface area (Å²) in [5.74, 6) is -0.167. The van der Waals surface area contributed by atoms with Gasteiger partial charge in [0.25, 0.3) is 0 Å². The monoisotopic (exact) mass is 266 g/mol. The van der Waals surface area contributed by atoms with Crippen molar-refractivity contribution < 1.29 is 14.2 Å². The number of benzene rings is 1. The molecule has 96 valence electrons. The summed E-state index contributed by atoms with van der Waals surface area (Å²) >= 11 is 1.59. The topological polar surface area (TPSA) is 29.5 Å². The van der Waals surface area contributed by atoms with E-state index in [0.29, 0.717) is 18.4 Å². The molecule has 1 unspecified atom stereocenters. The summed E-state index contributed by atoms with van der Waals surface area (Å²) in [6.45, 7) is 0. The molecule has 4 heteroatoms. The van der Waals surface area contributed by atoms with Crippen LogP contribution in [0.15, 0.2) is 35.0 Å². The summed E-state index contributed by atoms with van der Waals surface area (Å²) < 4.78 is 18.8. The lowest BCUT2D eigenvalue weighted by Gasteiger charge is -2.12. The molecule has 1 atom stereocenters. The van der Waals surface area contributed by atoms with Crippen molar-refractivity contribution in [3.63, 3.8) is 0 Å². The van der Waals surface area contributed by atoms with Crippen LogP contribution in [0.3, 0.4) is 0 Å². The van der Waals surface area contributed by atoms with E-state index in [0.717, 1.165) is 5.56 Å². The Labute approximate surface area is 110 Å². The van der Waals surface area contributed by atoms with Gasteiger partial charge in [0.1, 0.15) is 0 Å². The number of methoxy groups -OCH3 is 1. The number of rotatable bonds is 5. The molecule has 0 amide bonds. The van der Waals surface area contributed by atoms with Gasteiger partial charge < -0.3 is 9.84 Å². The molecule has 1 aromatic carbocycles. The van der Waals surface area contributed by atoms with E-state index < -0.39 is 6.10 Å². The number of aliphatic hydroxyl groups is 1. The third-order valence-corrected chi connectivity index (χ3v) is 3.50. The second kappa shape index (κ2) is 5.98. The van der Waals surface area contributed by atoms with Crippen molar-refractivity contribution in [3.05, 3.63) is 52.0 Å². The summed E-state index contributed by atoms with van der Waals surface area (Å²) in [4.78, 5) is 0. The maximum absolute atomic E-state index is 13.9. The lowest BCUT2D eigenvalue weighted by molar-refractivity contribution is 0.174. The highest BCUT2D eigenvalue weighted by Crippen LogP contribution is 2.22. The van der Waals surface area contributed by atoms with E-state index in [-0.39, 0.29) is 11.6 Å². The average molecular weight is 266 g/mol. The molecule has 0 bridgehead atoms. The van der Waals surface area contributed by atoms with Crippen LogP contribution in [0.25, 0.3) is 0 Å². The van der Waals surface area contributed by atoms with Gasteiger partial charge in [0, 0.05) is 6.42 Å². The molecule has 0 spiro atoms. The lowest BCUT2D eigenvalue weighted by Crippen LogP contribution is -2.14. The normalized spacial score (nSPS) is 12.4. The number of hydrogen-bond acceptors (Lipinski definition) is 3. The summed E-state index contributed by atoms with van der Waals surface area (Å²) in [6, 6.07) is 6.95. The number of hydrogen-bond donors (Lipinski definition) is 1. The molecule has 1 N–H and O–H groups in total. The Bertz CT molecular complexity index is 497. The van der Waals surface area contributed by atoms with Crippen LogP contribution in [0.4, 0.5) is 4.39 Å². The summed E-state index contributed by atoms with van der Waals surface area (Å²) in [7, 11) is 1.43. The quantitative estimate of drug-likeness (QED) is 0.901. The van der Waals surface area contributed by atoms with Gasteiger partial charge in [-0.2, -0.15) is 11.3 Å². The Morgan fingerprint density at radius 3 is 2.83 bits per heavy atom. The first-order valence-electron chi connectivity index (χ1n) is 5.71. The molecule has 2 aromatic rings. The highest BCUT2D eigenvalue weighted by Gasteiger charge is 2.13. The first-order chi connectivity index (χ1) is 8.70. The van der Waals surface area contributed by atoms with E-state index in [2.05, 4.69) is 0 Å². The van der Waals surface area contributed by atoms with Crippen LogP contribution in [0.5, 0.6) is 5.75 Å². The third-order valence-electron chi connectivity index (χ3n) is 2.77. The zero-order chi connectivity index (χ0) is 13.0. The van der Waals surface area contributed by atoms with Crippen LogP contribution in [0.1, 0.15) is 11.1 Å². The largest absolute Gasteiger partial charge is 0.494 e. The Kier molecular flexibility index (Phi) is 4.33. The maximum atomic E-state index is 13.9. The molecule has 2 rings (SSSR count). The van der Waals surface area contributed by atoms with Gasteiger partial charge in [-0.15, -0.1) is 0 Å². The van der Waals surface area contributed by atoms with Gasteiger partial charge in [0.2, 0.25) is 0 Å². The maximum Gasteiger partial charge on any atom is 0.168 e. The zero-order valence-corrected chi connectivity index (χ0v) is 10.9. The van der Waals surface area contributed by atoms with Crippen LogP contribution in [-0.2, 0) is 12.8 Å². The molecule has 18 heavy (non-hydrogen) atoms. The second-order valence-electron chi connectivity index (χ2n) is 4.13. The molecular formula is C14H15FO2S. The predicted octanol–water partition coefficient (Wildman–Crippen LogP) is 3.04. The first-order valence-corrected chi connectivity index (χ1v) is 6.65. The summed E-state index contributed by atoms with van der Waals surface area (Å²) in [6.07, 6.45) is 0.250. The van der Waals surface area contributed by atoms with E-state index in [9.17, 15) is 9.50 Å². The average Bonchev–Trinajstić information content (AvgIpc) is 2.84. The SMILES string of the molecule is COc1cccc(CC(O)Cc2ccsc2)c1F. The van der Waals surface area contributed by atoms with Gasteiger partial charge in [-0.05, 0) is 40.4 Å². The van der Waals surface area contributed by atoms with Crippen LogP contribution in [-0.4, -0.2) is 18.3 Å². The number of halogens is 1. The van der Waals surface area contributed by atoms with Crippen molar-refractivity contribution in [2.75, 3.05) is 7.11 Å². The van der Waals surface area contributed by atoms with Crippen molar-refractivity contribution in [1.82, 2.24) is 0 Å². The smallest absolute Gasteiger partial charge is 0.168 e. The van der Waals surface area contributed by atoms with Crippen molar-refractivity contribution in [2.45, 2.75) is 18.9 Å². The minimum Gasteiger partial charge on any atom is -0.494 e. The summed E-state index contributed by atoms with van der Waals surface area (Å²) in [5.41, 5.74) is 1.56. The van der Waals surface area contributed by atoms with Crippen LogP contribution in [0, 0.1) is 5.82 Å². The van der Waals surface area contributed by atoms with Gasteiger partial charge in [-0.25, -0.2) is 4.39 Å². The van der Waals surface area contributed by atoms with Crippen LogP contribution < -0.4 is 4.74 Å². The van der Waals surface area contributed by atoms with Gasteiger partial charge in [0.05, 0.1) is 13.2 Å². The summed E-state index contributed by atoms with van der Waals surface area (Å²) in [5, 5.41) is 13.9. The van der Waals surface area contributed by atoms with Crippen LogP contribution >= 0.6 is 11.3 Å². The van der Waals surface area contributed by atoms with E-state index in [1.807, 2.05) is 16.8 Å². The Balaban J connectivity index is 2.05. The molecule has 0 saturated heterocycles. The van der Waals surface area contributed by atoms with E-state index in [4.69, 9.17) is 4.74 Å². The fourth-order valence-corrected chi connectivity index (χ4v) is 2.56. The standard InChI is InChI=1S/C14H15FO2S/c1-17-13-4-2-3-11(14(13)15)8-12(16)7-10-5-6-18-9-10/h2-6,9,12,16H,7-8H2,1H3. The van der Waals surface area contributed by atoms with E-state index in [1.165, 1.54) is 7.11 Å². The Morgan fingerprint density at radius 2 is 2.17 bits per heavy atom. The highest BCUT2D eigenvalue weighted by atomic mass is 32.1. The Morgan fingerprint density at radius 1 is 1.33 bits per heavy atom. The van der Waals surface area contributed by atoms with Crippen molar-refractivity contribution in [2.24, 2.45) is 0 Å². The molecular weight excluding hydrogens is 251 g/mol. The second-order valence-corrected chi connectivity index (χ2v) is 4.91. The van der Waals surface area contributed by atoms with Gasteiger partial charge in [0.15, 0.2) is 11.6 Å². The molecule has 0 fully saturated rings. The van der Waals surface area contributed by atoms with Gasteiger partial charge in [-0.1, -0.05) is 12.1 Å². The molecule has 1 aromatic heterocycles. The number of thiophene rings is 1. The lowest BCUT2D eigenvalue weighted by atomic mass is 10.0. The third kappa shape index (κ3) is 3.09. The van der Waals surface area contributed by atoms with Crippen molar-refractivity contribution >= 4 is 11.3 Å². The predicted molar refractivity (Wildman–Crippen MR) is 70.7 cm³/mol. The van der Waals surface area contributed by atoms with Crippen molar-refractivity contribution in [3.8, 4) is 5.75 Å². The first kappa shape index (κ1) is 13.1. The molecule has 0 aliphatic heterocycles. The molecule has 0 aliphatic rings. The molecule has 0 saturated carbocycles. The number of ether oxygens (including phenoxy) is 1. The molecule has 0 aliphatic carbocycles. The minimum absolute atomic E-state index is 0.218. The van der Waals surface area contributed by atoms with E-state index in [1.54, 1.807) is 29.5 Å². The fourth-order valence-electron chi connectivity index (χ4n) is 1.88. The number of aliphatic hydroxyl groups excluding tert-OH is 1. The van der Waals surface area contributed by atoms with Gasteiger partial charge in [-0.3, -0.25) is 0 Å². The fraction of sp³-hybridized carbons (Fsp3) is 0.286. The molecule has 1 heterocycles. The Hall–Kier alpha value is -1.39. The van der Waals surface area contributed by atoms with E-state index >= 15 is 0 Å². The highest BCUT2D eigenvalue weighted by molar-refractivity contribution is 7.07. The van der Waals surface area contributed by atoms with Crippen molar-refractivity contribution in [1.29, 1.82) is 0 Å². The minimum atomic E-state index is -0.582. The molecule has 0 radical (unpaired) electrons. The van der Waals surface area contributed by atoms with Gasteiger partial charge >= 0.3 is 0 Å². The van der Waals surface area contributed by atoms with Crippen LogP contribution in [0.2, 0.25) is 0 Å².